The molecule has 0 aliphatic rings. The molecule has 0 fully saturated rings. The van der Waals surface area contributed by atoms with E-state index in [2.05, 4.69) is 15.7 Å². The lowest BCUT2D eigenvalue weighted by molar-refractivity contribution is -0.384. The highest BCUT2D eigenvalue weighted by Crippen LogP contribution is 2.32. The quantitative estimate of drug-likeness (QED) is 0.442. The van der Waals surface area contributed by atoms with E-state index >= 15 is 0 Å². The Morgan fingerprint density at radius 3 is 2.58 bits per heavy atom. The number of nitro groups is 1. The second kappa shape index (κ2) is 8.09. The van der Waals surface area contributed by atoms with Crippen LogP contribution in [-0.4, -0.2) is 40.7 Å². The van der Waals surface area contributed by atoms with Crippen LogP contribution in [0, 0.1) is 10.1 Å². The average Bonchev–Trinajstić information content (AvgIpc) is 3.00. The van der Waals surface area contributed by atoms with E-state index in [-0.39, 0.29) is 33.0 Å². The first-order chi connectivity index (χ1) is 11.4. The van der Waals surface area contributed by atoms with Crippen molar-refractivity contribution in [2.24, 2.45) is 0 Å². The maximum absolute atomic E-state index is 12.0. The van der Waals surface area contributed by atoms with Gasteiger partial charge < -0.3 is 10.6 Å². The van der Waals surface area contributed by atoms with Gasteiger partial charge in [-0.05, 0) is 26.1 Å². The summed E-state index contributed by atoms with van der Waals surface area (Å²) in [5.41, 5.74) is 0.256. The van der Waals surface area contributed by atoms with E-state index in [1.807, 2.05) is 7.05 Å². The third-order valence-electron chi connectivity index (χ3n) is 3.15. The fraction of sp³-hybridized carbons (Fsp3) is 0.286. The van der Waals surface area contributed by atoms with Crippen LogP contribution < -0.4 is 10.6 Å². The molecule has 8 nitrogen and oxygen atoms in total. The van der Waals surface area contributed by atoms with Crippen molar-refractivity contribution in [3.05, 3.63) is 50.2 Å². The summed E-state index contributed by atoms with van der Waals surface area (Å²) in [5.74, 6) is -0.320. The van der Waals surface area contributed by atoms with Gasteiger partial charge in [0.15, 0.2) is 5.69 Å². The number of non-ortho nitro benzene ring substituents is 1. The molecule has 0 aliphatic carbocycles. The normalized spacial score (nSPS) is 10.6. The Bertz CT molecular complexity index is 740. The van der Waals surface area contributed by atoms with Gasteiger partial charge in [-0.15, -0.1) is 0 Å². The second-order valence-electron chi connectivity index (χ2n) is 4.87. The van der Waals surface area contributed by atoms with E-state index in [1.54, 1.807) is 0 Å². The minimum Gasteiger partial charge on any atom is -0.351 e. The first-order valence-corrected chi connectivity index (χ1v) is 7.82. The van der Waals surface area contributed by atoms with Gasteiger partial charge >= 0.3 is 0 Å². The molecule has 1 amide bonds. The smallest absolute Gasteiger partial charge is 0.272 e. The van der Waals surface area contributed by atoms with Crippen LogP contribution in [0.4, 0.5) is 5.69 Å². The van der Waals surface area contributed by atoms with Crippen molar-refractivity contribution in [2.75, 3.05) is 20.1 Å². The van der Waals surface area contributed by atoms with Crippen molar-refractivity contribution in [1.82, 2.24) is 20.4 Å². The number of hydrogen-bond acceptors (Lipinski definition) is 5. The highest BCUT2D eigenvalue weighted by molar-refractivity contribution is 6.38. The number of nitro benzene ring substituents is 1. The zero-order valence-corrected chi connectivity index (χ0v) is 14.3. The van der Waals surface area contributed by atoms with Crippen molar-refractivity contribution in [3.8, 4) is 5.69 Å². The van der Waals surface area contributed by atoms with Crippen LogP contribution in [0.1, 0.15) is 16.9 Å². The van der Waals surface area contributed by atoms with Crippen molar-refractivity contribution in [1.29, 1.82) is 0 Å². The van der Waals surface area contributed by atoms with Crippen LogP contribution in [0.15, 0.2) is 24.4 Å². The summed E-state index contributed by atoms with van der Waals surface area (Å²) < 4.78 is 1.32. The number of carbonyl (C=O) groups is 1. The van der Waals surface area contributed by atoms with E-state index < -0.39 is 4.92 Å². The van der Waals surface area contributed by atoms with Crippen LogP contribution >= 0.6 is 23.2 Å². The Kier molecular flexibility index (Phi) is 6.13. The average molecular weight is 372 g/mol. The molecule has 2 aromatic rings. The fourth-order valence-electron chi connectivity index (χ4n) is 2.00. The van der Waals surface area contributed by atoms with Gasteiger partial charge in [-0.1, -0.05) is 23.2 Å². The van der Waals surface area contributed by atoms with Crippen LogP contribution in [0.5, 0.6) is 0 Å². The lowest BCUT2D eigenvalue weighted by Crippen LogP contribution is -2.27. The van der Waals surface area contributed by atoms with E-state index in [0.29, 0.717) is 6.54 Å². The molecule has 0 atom stereocenters. The van der Waals surface area contributed by atoms with Crippen LogP contribution in [0.3, 0.4) is 0 Å². The molecule has 0 radical (unpaired) electrons. The van der Waals surface area contributed by atoms with Gasteiger partial charge in [-0.25, -0.2) is 4.68 Å². The van der Waals surface area contributed by atoms with E-state index in [4.69, 9.17) is 23.2 Å². The number of halogens is 2. The molecule has 0 unspecified atom stereocenters. The summed E-state index contributed by atoms with van der Waals surface area (Å²) in [6.45, 7) is 1.31. The summed E-state index contributed by atoms with van der Waals surface area (Å²) >= 11 is 12.1. The highest BCUT2D eigenvalue weighted by atomic mass is 35.5. The molecule has 128 valence electrons. The summed E-state index contributed by atoms with van der Waals surface area (Å²) in [6.07, 6.45) is 2.31. The monoisotopic (exact) mass is 371 g/mol. The van der Waals surface area contributed by atoms with Gasteiger partial charge in [-0.3, -0.25) is 14.9 Å². The molecule has 0 saturated heterocycles. The topological polar surface area (TPSA) is 102 Å². The number of aromatic nitrogens is 2. The highest BCUT2D eigenvalue weighted by Gasteiger charge is 2.18. The van der Waals surface area contributed by atoms with Gasteiger partial charge in [0, 0.05) is 24.9 Å². The van der Waals surface area contributed by atoms with Gasteiger partial charge in [0.1, 0.15) is 5.69 Å². The second-order valence-corrected chi connectivity index (χ2v) is 5.69. The number of amides is 1. The molecule has 24 heavy (non-hydrogen) atoms. The predicted octanol–water partition coefficient (Wildman–Crippen LogP) is 2.43. The minimum absolute atomic E-state index is 0.0679. The molecule has 0 aliphatic heterocycles. The summed E-state index contributed by atoms with van der Waals surface area (Å²) in [5, 5.41) is 20.8. The number of benzene rings is 1. The Hall–Kier alpha value is -2.16. The van der Waals surface area contributed by atoms with E-state index in [0.717, 1.165) is 13.0 Å². The van der Waals surface area contributed by atoms with Crippen LogP contribution in [0.2, 0.25) is 10.0 Å². The molecular weight excluding hydrogens is 357 g/mol. The first kappa shape index (κ1) is 18.2. The van der Waals surface area contributed by atoms with Gasteiger partial charge in [-0.2, -0.15) is 5.10 Å². The first-order valence-electron chi connectivity index (χ1n) is 7.06. The number of rotatable bonds is 7. The van der Waals surface area contributed by atoms with Crippen molar-refractivity contribution in [3.63, 3.8) is 0 Å². The SMILES string of the molecule is CNCCCNC(=O)c1ccn(-c2c(Cl)cc([N+](=O)[O-])cc2Cl)n1. The summed E-state index contributed by atoms with van der Waals surface area (Å²) in [4.78, 5) is 22.2. The third-order valence-corrected chi connectivity index (χ3v) is 3.73. The molecule has 0 bridgehead atoms. The molecule has 1 aromatic carbocycles. The Morgan fingerprint density at radius 2 is 2.00 bits per heavy atom. The fourth-order valence-corrected chi connectivity index (χ4v) is 2.65. The Morgan fingerprint density at radius 1 is 1.33 bits per heavy atom. The zero-order chi connectivity index (χ0) is 17.7. The van der Waals surface area contributed by atoms with Crippen LogP contribution in [-0.2, 0) is 0 Å². The standard InChI is InChI=1S/C14H15Cl2N5O3/c1-17-4-2-5-18-14(22)12-3-6-20(19-12)13-10(15)7-9(21(23)24)8-11(13)16/h3,6-8,17H,2,4-5H2,1H3,(H,18,22). The molecular formula is C14H15Cl2N5O3. The van der Waals surface area contributed by atoms with Gasteiger partial charge in [0.05, 0.1) is 15.0 Å². The third kappa shape index (κ3) is 4.22. The molecule has 0 spiro atoms. The van der Waals surface area contributed by atoms with Crippen molar-refractivity contribution >= 4 is 34.8 Å². The summed E-state index contributed by atoms with van der Waals surface area (Å²) in [6, 6.07) is 3.88. The molecule has 2 N–H and O–H groups in total. The number of hydrogen-bond donors (Lipinski definition) is 2. The number of carbonyl (C=O) groups excluding carboxylic acids is 1. The predicted molar refractivity (Wildman–Crippen MR) is 91.1 cm³/mol. The molecule has 10 heteroatoms. The lowest BCUT2D eigenvalue weighted by atomic mass is 10.3. The Balaban J connectivity index is 2.19. The van der Waals surface area contributed by atoms with Crippen LogP contribution in [0.25, 0.3) is 5.69 Å². The van der Waals surface area contributed by atoms with E-state index in [9.17, 15) is 14.9 Å². The van der Waals surface area contributed by atoms with E-state index in [1.165, 1.54) is 29.1 Å². The largest absolute Gasteiger partial charge is 0.351 e. The lowest BCUT2D eigenvalue weighted by Gasteiger charge is -2.07. The number of nitrogens with zero attached hydrogens (tertiary/aromatic N) is 3. The van der Waals surface area contributed by atoms with Crippen molar-refractivity contribution < 1.29 is 9.72 Å². The zero-order valence-electron chi connectivity index (χ0n) is 12.8. The molecule has 2 rings (SSSR count). The molecule has 1 heterocycles. The molecule has 1 aromatic heterocycles. The van der Waals surface area contributed by atoms with Crippen molar-refractivity contribution in [2.45, 2.75) is 6.42 Å². The molecule has 0 saturated carbocycles. The maximum Gasteiger partial charge on any atom is 0.272 e. The van der Waals surface area contributed by atoms with Gasteiger partial charge in [0.2, 0.25) is 0 Å². The Labute approximate surface area is 147 Å². The minimum atomic E-state index is -0.589. The summed E-state index contributed by atoms with van der Waals surface area (Å²) in [7, 11) is 1.83. The maximum atomic E-state index is 12.0. The number of nitrogens with one attached hydrogen (secondary N) is 2. The van der Waals surface area contributed by atoms with Gasteiger partial charge in [0.25, 0.3) is 11.6 Å².